The first-order valence-electron chi connectivity index (χ1n) is 4.59. The molecule has 0 saturated heterocycles. The van der Waals surface area contributed by atoms with Crippen LogP contribution in [-0.2, 0) is 0 Å². The Hall–Kier alpha value is -1.36. The summed E-state index contributed by atoms with van der Waals surface area (Å²) in [7, 11) is 1.88. The molecule has 0 aromatic carbocycles. The van der Waals surface area contributed by atoms with E-state index in [1.165, 1.54) is 6.20 Å². The van der Waals surface area contributed by atoms with Crippen molar-refractivity contribution in [1.29, 1.82) is 0 Å². The molecule has 0 unspecified atom stereocenters. The fraction of sp³-hybridized carbons (Fsp3) is 0.556. The van der Waals surface area contributed by atoms with E-state index in [9.17, 15) is 4.79 Å². The van der Waals surface area contributed by atoms with Gasteiger partial charge in [0.2, 0.25) is 5.76 Å². The number of aromatic nitrogens is 1. The topological polar surface area (TPSA) is 67.2 Å². The summed E-state index contributed by atoms with van der Waals surface area (Å²) >= 11 is 0. The summed E-state index contributed by atoms with van der Waals surface area (Å²) in [6.45, 7) is 3.31. The van der Waals surface area contributed by atoms with E-state index in [0.29, 0.717) is 12.3 Å². The number of aryl methyl sites for hydroxylation is 1. The fourth-order valence-electron chi connectivity index (χ4n) is 1.06. The molecule has 0 radical (unpaired) electrons. The molecule has 5 nitrogen and oxygen atoms in total. The molecule has 1 aromatic rings. The maximum atomic E-state index is 11.4. The molecule has 0 saturated carbocycles. The Morgan fingerprint density at radius 2 is 2.36 bits per heavy atom. The van der Waals surface area contributed by atoms with Crippen molar-refractivity contribution in [2.75, 3.05) is 20.1 Å². The molecule has 14 heavy (non-hydrogen) atoms. The van der Waals surface area contributed by atoms with Gasteiger partial charge in [0.1, 0.15) is 0 Å². The van der Waals surface area contributed by atoms with E-state index in [0.717, 1.165) is 18.5 Å². The minimum absolute atomic E-state index is 0.198. The van der Waals surface area contributed by atoms with Crippen LogP contribution >= 0.6 is 0 Å². The highest BCUT2D eigenvalue weighted by Crippen LogP contribution is 2.04. The second-order valence-electron chi connectivity index (χ2n) is 3.05. The molecule has 5 heteroatoms. The van der Waals surface area contributed by atoms with Gasteiger partial charge >= 0.3 is 0 Å². The Morgan fingerprint density at radius 3 is 2.93 bits per heavy atom. The minimum atomic E-state index is -0.198. The Labute approximate surface area is 82.8 Å². The van der Waals surface area contributed by atoms with Crippen molar-refractivity contribution in [1.82, 2.24) is 15.8 Å². The van der Waals surface area contributed by atoms with E-state index in [2.05, 4.69) is 15.8 Å². The van der Waals surface area contributed by atoms with Crippen LogP contribution < -0.4 is 10.6 Å². The van der Waals surface area contributed by atoms with E-state index in [-0.39, 0.29) is 5.91 Å². The van der Waals surface area contributed by atoms with Gasteiger partial charge in [-0.25, -0.2) is 0 Å². The van der Waals surface area contributed by atoms with Crippen molar-refractivity contribution < 1.29 is 9.32 Å². The van der Waals surface area contributed by atoms with Gasteiger partial charge in [-0.15, -0.1) is 0 Å². The van der Waals surface area contributed by atoms with Crippen LogP contribution in [0.4, 0.5) is 0 Å². The van der Waals surface area contributed by atoms with Crippen LogP contribution in [0.15, 0.2) is 10.7 Å². The molecule has 78 valence electrons. The molecule has 0 spiro atoms. The Bertz CT molecular complexity index is 296. The Kier molecular flexibility index (Phi) is 4.12. The summed E-state index contributed by atoms with van der Waals surface area (Å²) in [4.78, 5) is 11.4. The zero-order valence-electron chi connectivity index (χ0n) is 8.46. The van der Waals surface area contributed by atoms with Gasteiger partial charge in [-0.3, -0.25) is 4.79 Å². The second kappa shape index (κ2) is 5.39. The number of hydrogen-bond donors (Lipinski definition) is 2. The number of nitrogens with zero attached hydrogens (tertiary/aromatic N) is 1. The maximum absolute atomic E-state index is 11.4. The number of carbonyl (C=O) groups excluding carboxylic acids is 1. The molecule has 2 N–H and O–H groups in total. The van der Waals surface area contributed by atoms with E-state index in [1.54, 1.807) is 6.92 Å². The number of carbonyl (C=O) groups is 1. The van der Waals surface area contributed by atoms with Gasteiger partial charge in [-0.1, -0.05) is 5.16 Å². The summed E-state index contributed by atoms with van der Waals surface area (Å²) < 4.78 is 4.81. The van der Waals surface area contributed by atoms with Crippen molar-refractivity contribution in [3.8, 4) is 0 Å². The summed E-state index contributed by atoms with van der Waals surface area (Å²) in [5.74, 6) is 0.102. The molecule has 0 fully saturated rings. The van der Waals surface area contributed by atoms with Crippen LogP contribution in [0.2, 0.25) is 0 Å². The van der Waals surface area contributed by atoms with Crippen LogP contribution in [0.25, 0.3) is 0 Å². The minimum Gasteiger partial charge on any atom is -0.351 e. The SMILES string of the molecule is CNCCCNC(=O)c1oncc1C. The number of amides is 1. The van der Waals surface area contributed by atoms with Gasteiger partial charge < -0.3 is 15.2 Å². The quantitative estimate of drug-likeness (QED) is 0.667. The van der Waals surface area contributed by atoms with E-state index in [1.807, 2.05) is 7.05 Å². The molecular weight excluding hydrogens is 182 g/mol. The molecule has 1 heterocycles. The highest BCUT2D eigenvalue weighted by atomic mass is 16.5. The third-order valence-electron chi connectivity index (χ3n) is 1.84. The monoisotopic (exact) mass is 197 g/mol. The maximum Gasteiger partial charge on any atom is 0.290 e. The lowest BCUT2D eigenvalue weighted by atomic mass is 10.3. The standard InChI is InChI=1S/C9H15N3O2/c1-7-6-12-14-8(7)9(13)11-5-3-4-10-2/h6,10H,3-5H2,1-2H3,(H,11,13). The Morgan fingerprint density at radius 1 is 1.57 bits per heavy atom. The number of hydrogen-bond acceptors (Lipinski definition) is 4. The van der Waals surface area contributed by atoms with Crippen molar-refractivity contribution in [3.05, 3.63) is 17.5 Å². The molecule has 0 aliphatic rings. The first-order valence-corrected chi connectivity index (χ1v) is 4.59. The van der Waals surface area contributed by atoms with Gasteiger partial charge in [-0.2, -0.15) is 0 Å². The molecule has 0 aliphatic heterocycles. The van der Waals surface area contributed by atoms with Crippen molar-refractivity contribution in [3.63, 3.8) is 0 Å². The van der Waals surface area contributed by atoms with Gasteiger partial charge in [0, 0.05) is 12.1 Å². The zero-order valence-corrected chi connectivity index (χ0v) is 8.46. The van der Waals surface area contributed by atoms with E-state index in [4.69, 9.17) is 4.52 Å². The van der Waals surface area contributed by atoms with Gasteiger partial charge in [-0.05, 0) is 26.9 Å². The predicted molar refractivity (Wildman–Crippen MR) is 52.1 cm³/mol. The second-order valence-corrected chi connectivity index (χ2v) is 3.05. The normalized spacial score (nSPS) is 10.1. The molecule has 0 bridgehead atoms. The van der Waals surface area contributed by atoms with Gasteiger partial charge in [0.05, 0.1) is 6.20 Å². The van der Waals surface area contributed by atoms with Gasteiger partial charge in [0.15, 0.2) is 0 Å². The summed E-state index contributed by atoms with van der Waals surface area (Å²) in [6.07, 6.45) is 2.43. The zero-order chi connectivity index (χ0) is 10.4. The van der Waals surface area contributed by atoms with Crippen LogP contribution in [0.1, 0.15) is 22.5 Å². The largest absolute Gasteiger partial charge is 0.351 e. The lowest BCUT2D eigenvalue weighted by Gasteiger charge is -2.02. The molecule has 1 aromatic heterocycles. The Balaban J connectivity index is 2.32. The van der Waals surface area contributed by atoms with Gasteiger partial charge in [0.25, 0.3) is 5.91 Å². The molecule has 0 atom stereocenters. The average Bonchev–Trinajstić information content (AvgIpc) is 2.59. The number of nitrogens with one attached hydrogen (secondary N) is 2. The molecule has 0 aliphatic carbocycles. The first-order chi connectivity index (χ1) is 6.75. The van der Waals surface area contributed by atoms with Crippen LogP contribution in [0.3, 0.4) is 0 Å². The lowest BCUT2D eigenvalue weighted by molar-refractivity contribution is 0.0915. The molecule has 1 amide bonds. The average molecular weight is 197 g/mol. The molecule has 1 rings (SSSR count). The third-order valence-corrected chi connectivity index (χ3v) is 1.84. The predicted octanol–water partition coefficient (Wildman–Crippen LogP) is 0.322. The van der Waals surface area contributed by atoms with E-state index < -0.39 is 0 Å². The smallest absolute Gasteiger partial charge is 0.290 e. The van der Waals surface area contributed by atoms with Crippen molar-refractivity contribution >= 4 is 5.91 Å². The summed E-state index contributed by atoms with van der Waals surface area (Å²) in [6, 6.07) is 0. The summed E-state index contributed by atoms with van der Waals surface area (Å²) in [5, 5.41) is 9.29. The highest BCUT2D eigenvalue weighted by molar-refractivity contribution is 5.92. The lowest BCUT2D eigenvalue weighted by Crippen LogP contribution is -2.26. The van der Waals surface area contributed by atoms with E-state index >= 15 is 0 Å². The van der Waals surface area contributed by atoms with Crippen LogP contribution in [-0.4, -0.2) is 31.2 Å². The van der Waals surface area contributed by atoms with Crippen LogP contribution in [0, 0.1) is 6.92 Å². The molecular formula is C9H15N3O2. The van der Waals surface area contributed by atoms with Crippen molar-refractivity contribution in [2.45, 2.75) is 13.3 Å². The summed E-state index contributed by atoms with van der Waals surface area (Å²) in [5.41, 5.74) is 0.760. The number of rotatable bonds is 5. The first kappa shape index (κ1) is 10.7. The third kappa shape index (κ3) is 2.85. The van der Waals surface area contributed by atoms with Crippen molar-refractivity contribution in [2.24, 2.45) is 0 Å². The fourth-order valence-corrected chi connectivity index (χ4v) is 1.06. The highest BCUT2D eigenvalue weighted by Gasteiger charge is 2.12. The van der Waals surface area contributed by atoms with Crippen LogP contribution in [0.5, 0.6) is 0 Å².